The summed E-state index contributed by atoms with van der Waals surface area (Å²) < 4.78 is 7.16. The molecule has 12 rings (SSSR count). The first-order chi connectivity index (χ1) is 28.3. The number of thiophene rings is 1. The second kappa shape index (κ2) is 12.6. The van der Waals surface area contributed by atoms with E-state index in [1.54, 1.807) is 0 Å². The van der Waals surface area contributed by atoms with Crippen LogP contribution in [-0.4, -0.2) is 24.1 Å². The van der Waals surface area contributed by atoms with Crippen LogP contribution in [0.25, 0.3) is 109 Å². The maximum absolute atomic E-state index is 5.39. The number of fused-ring (bicyclic) bond motifs is 9. The molecule has 0 aliphatic rings. The van der Waals surface area contributed by atoms with Crippen molar-refractivity contribution in [1.82, 2.24) is 24.1 Å². The Morgan fingerprint density at radius 2 is 0.877 bits per heavy atom. The average Bonchev–Trinajstić information content (AvgIpc) is 3.93. The Bertz CT molecular complexity index is 3510. The van der Waals surface area contributed by atoms with Crippen molar-refractivity contribution in [2.24, 2.45) is 0 Å². The molecular weight excluding hydrogens is 715 g/mol. The molecule has 0 atom stereocenters. The van der Waals surface area contributed by atoms with Crippen LogP contribution in [0.1, 0.15) is 0 Å². The van der Waals surface area contributed by atoms with E-state index in [4.69, 9.17) is 15.0 Å². The minimum absolute atomic E-state index is 0.570. The lowest BCUT2D eigenvalue weighted by atomic mass is 9.94. The van der Waals surface area contributed by atoms with Crippen LogP contribution >= 0.6 is 11.3 Å². The van der Waals surface area contributed by atoms with Crippen molar-refractivity contribution in [2.45, 2.75) is 0 Å². The number of hydrogen-bond acceptors (Lipinski definition) is 4. The molecular formula is C51H31N5S. The van der Waals surface area contributed by atoms with Crippen LogP contribution in [0, 0.1) is 0 Å². The van der Waals surface area contributed by atoms with Gasteiger partial charge in [0.25, 0.3) is 0 Å². The lowest BCUT2D eigenvalue weighted by molar-refractivity contribution is 0.954. The van der Waals surface area contributed by atoms with Crippen molar-refractivity contribution in [1.29, 1.82) is 0 Å². The number of hydrogen-bond donors (Lipinski definition) is 0. The third-order valence-corrected chi connectivity index (χ3v) is 12.3. The first-order valence-corrected chi connectivity index (χ1v) is 19.9. The zero-order valence-electron chi connectivity index (χ0n) is 30.5. The van der Waals surface area contributed by atoms with Crippen molar-refractivity contribution in [2.75, 3.05) is 0 Å². The molecule has 0 spiro atoms. The number of rotatable bonds is 5. The minimum atomic E-state index is 0.570. The molecule has 5 nitrogen and oxygen atoms in total. The summed E-state index contributed by atoms with van der Waals surface area (Å²) in [5.41, 5.74) is 9.66. The van der Waals surface area contributed by atoms with Crippen molar-refractivity contribution in [3.63, 3.8) is 0 Å². The summed E-state index contributed by atoms with van der Waals surface area (Å²) in [5.74, 6) is 1.82. The first-order valence-electron chi connectivity index (χ1n) is 19.1. The molecule has 12 aromatic rings. The fraction of sp³-hybridized carbons (Fsp3) is 0. The molecule has 0 unspecified atom stereocenters. The SMILES string of the molecule is c1ccc(-c2nc(-c3ccc4sc5ccccc5c4c3)nc(-n3c4ccccc4c4c(-c5ccccc5)c5c6ccccc6n(-c6ccccc6)c5cc43)n2)cc1. The Hall–Kier alpha value is -7.41. The zero-order valence-corrected chi connectivity index (χ0v) is 31.4. The highest BCUT2D eigenvalue weighted by atomic mass is 32.1. The van der Waals surface area contributed by atoms with Crippen LogP contribution in [-0.2, 0) is 0 Å². The average molecular weight is 746 g/mol. The quantitative estimate of drug-likeness (QED) is 0.176. The first kappa shape index (κ1) is 31.9. The fourth-order valence-corrected chi connectivity index (χ4v) is 9.80. The number of nitrogens with zero attached hydrogens (tertiary/aromatic N) is 5. The summed E-state index contributed by atoms with van der Waals surface area (Å²) in [6.07, 6.45) is 0. The molecule has 0 aliphatic heterocycles. The van der Waals surface area contributed by atoms with Crippen LogP contribution in [0.5, 0.6) is 0 Å². The molecule has 0 saturated heterocycles. The molecule has 0 saturated carbocycles. The molecule has 0 fully saturated rings. The van der Waals surface area contributed by atoms with Gasteiger partial charge in [-0.1, -0.05) is 133 Å². The Balaban J connectivity index is 1.23. The topological polar surface area (TPSA) is 48.5 Å². The maximum atomic E-state index is 5.39. The van der Waals surface area contributed by atoms with Gasteiger partial charge in [0, 0.05) is 64.1 Å². The van der Waals surface area contributed by atoms with Gasteiger partial charge in [0.1, 0.15) is 0 Å². The molecule has 0 radical (unpaired) electrons. The van der Waals surface area contributed by atoms with E-state index in [0.29, 0.717) is 17.6 Å². The largest absolute Gasteiger partial charge is 0.309 e. The van der Waals surface area contributed by atoms with Crippen molar-refractivity contribution >= 4 is 75.1 Å². The van der Waals surface area contributed by atoms with E-state index in [1.165, 1.54) is 36.5 Å². The summed E-state index contributed by atoms with van der Waals surface area (Å²) in [6.45, 7) is 0. The van der Waals surface area contributed by atoms with E-state index in [9.17, 15) is 0 Å². The predicted octanol–water partition coefficient (Wildman–Crippen LogP) is 13.4. The standard InChI is InChI=1S/C51H31N5S/c1-4-16-32(17-5-1)46-47-37-23-10-13-25-40(37)55(35-20-8-3-9-21-35)42(47)31-43-48(46)38-24-11-14-26-41(38)56(43)51-53-49(33-18-6-2-7-19-33)52-50(54-51)34-28-29-45-39(30-34)36-22-12-15-27-44(36)57-45/h1-31H. The number of benzene rings is 8. The van der Waals surface area contributed by atoms with E-state index >= 15 is 0 Å². The molecule has 4 aromatic heterocycles. The summed E-state index contributed by atoms with van der Waals surface area (Å²) in [5, 5.41) is 7.17. The minimum Gasteiger partial charge on any atom is -0.309 e. The van der Waals surface area contributed by atoms with Gasteiger partial charge in [-0.2, -0.15) is 9.97 Å². The smallest absolute Gasteiger partial charge is 0.238 e. The molecule has 0 amide bonds. The Kier molecular flexibility index (Phi) is 7.03. The molecule has 6 heteroatoms. The third kappa shape index (κ3) is 4.91. The maximum Gasteiger partial charge on any atom is 0.238 e. The van der Waals surface area contributed by atoms with Gasteiger partial charge < -0.3 is 4.57 Å². The lowest BCUT2D eigenvalue weighted by Gasteiger charge is -2.13. The van der Waals surface area contributed by atoms with Crippen molar-refractivity contribution in [3.05, 3.63) is 188 Å². The van der Waals surface area contributed by atoms with Gasteiger partial charge in [-0.3, -0.25) is 4.57 Å². The number of para-hydroxylation sites is 3. The zero-order chi connectivity index (χ0) is 37.5. The highest BCUT2D eigenvalue weighted by Crippen LogP contribution is 2.47. The van der Waals surface area contributed by atoms with Crippen LogP contribution in [0.15, 0.2) is 188 Å². The fourth-order valence-electron chi connectivity index (χ4n) is 8.71. The molecule has 0 aliphatic carbocycles. The van der Waals surface area contributed by atoms with Gasteiger partial charge >= 0.3 is 0 Å². The molecule has 57 heavy (non-hydrogen) atoms. The van der Waals surface area contributed by atoms with Crippen LogP contribution < -0.4 is 0 Å². The van der Waals surface area contributed by atoms with Gasteiger partial charge in [0.05, 0.1) is 22.1 Å². The summed E-state index contributed by atoms with van der Waals surface area (Å²) in [7, 11) is 0. The molecule has 4 heterocycles. The van der Waals surface area contributed by atoms with Gasteiger partial charge in [0.15, 0.2) is 11.6 Å². The second-order valence-electron chi connectivity index (χ2n) is 14.4. The number of aromatic nitrogens is 5. The second-order valence-corrected chi connectivity index (χ2v) is 15.5. The third-order valence-electron chi connectivity index (χ3n) is 11.2. The van der Waals surface area contributed by atoms with E-state index in [1.807, 2.05) is 29.5 Å². The summed E-state index contributed by atoms with van der Waals surface area (Å²) in [6, 6.07) is 66.7. The normalized spacial score (nSPS) is 11.9. The van der Waals surface area contributed by atoms with Gasteiger partial charge in [0.2, 0.25) is 5.95 Å². The van der Waals surface area contributed by atoms with Gasteiger partial charge in [-0.25, -0.2) is 4.98 Å². The van der Waals surface area contributed by atoms with E-state index in [-0.39, 0.29) is 0 Å². The summed E-state index contributed by atoms with van der Waals surface area (Å²) >= 11 is 1.81. The van der Waals surface area contributed by atoms with E-state index in [0.717, 1.165) is 55.2 Å². The van der Waals surface area contributed by atoms with E-state index < -0.39 is 0 Å². The van der Waals surface area contributed by atoms with Gasteiger partial charge in [-0.05, 0) is 60.2 Å². The lowest BCUT2D eigenvalue weighted by Crippen LogP contribution is -2.06. The molecule has 8 aromatic carbocycles. The monoisotopic (exact) mass is 745 g/mol. The van der Waals surface area contributed by atoms with Gasteiger partial charge in [-0.15, -0.1) is 11.3 Å². The Morgan fingerprint density at radius 1 is 0.351 bits per heavy atom. The Morgan fingerprint density at radius 3 is 1.58 bits per heavy atom. The van der Waals surface area contributed by atoms with Crippen LogP contribution in [0.3, 0.4) is 0 Å². The summed E-state index contributed by atoms with van der Waals surface area (Å²) in [4.78, 5) is 15.9. The van der Waals surface area contributed by atoms with Crippen molar-refractivity contribution in [3.8, 4) is 45.5 Å². The van der Waals surface area contributed by atoms with Crippen molar-refractivity contribution < 1.29 is 0 Å². The highest BCUT2D eigenvalue weighted by molar-refractivity contribution is 7.25. The molecule has 0 N–H and O–H groups in total. The highest BCUT2D eigenvalue weighted by Gasteiger charge is 2.25. The van der Waals surface area contributed by atoms with Crippen LogP contribution in [0.4, 0.5) is 0 Å². The van der Waals surface area contributed by atoms with E-state index in [2.05, 4.69) is 179 Å². The van der Waals surface area contributed by atoms with Crippen LogP contribution in [0.2, 0.25) is 0 Å². The molecule has 0 bridgehead atoms. The molecule has 266 valence electrons. The predicted molar refractivity (Wildman–Crippen MR) is 238 cm³/mol. The Labute approximate surface area is 331 Å².